The van der Waals surface area contributed by atoms with Gasteiger partial charge in [-0.1, -0.05) is 30.9 Å². The first-order valence-corrected chi connectivity index (χ1v) is 6.78. The highest BCUT2D eigenvalue weighted by molar-refractivity contribution is 6.30. The highest BCUT2D eigenvalue weighted by atomic mass is 35.5. The van der Waals surface area contributed by atoms with Gasteiger partial charge in [-0.15, -0.1) is 0 Å². The number of halogens is 1. The molecule has 4 nitrogen and oxygen atoms in total. The highest BCUT2D eigenvalue weighted by Gasteiger charge is 2.14. The smallest absolute Gasteiger partial charge is 0.320 e. The summed E-state index contributed by atoms with van der Waals surface area (Å²) < 4.78 is 0. The molecule has 98 valence electrons. The molecule has 2 N–H and O–H groups in total. The van der Waals surface area contributed by atoms with Crippen molar-refractivity contribution in [1.29, 1.82) is 0 Å². The maximum Gasteiger partial charge on any atom is 0.320 e. The van der Waals surface area contributed by atoms with Gasteiger partial charge < -0.3 is 5.32 Å². The van der Waals surface area contributed by atoms with Crippen molar-refractivity contribution in [1.82, 2.24) is 10.3 Å². The maximum atomic E-state index is 11.7. The van der Waals surface area contributed by atoms with E-state index in [1.165, 1.54) is 32.1 Å². The second-order valence-electron chi connectivity index (χ2n) is 4.70. The van der Waals surface area contributed by atoms with Crippen molar-refractivity contribution in [2.24, 2.45) is 5.92 Å². The van der Waals surface area contributed by atoms with Crippen molar-refractivity contribution < 1.29 is 4.79 Å². The molecule has 2 rings (SSSR count). The molecule has 0 spiro atoms. The first-order chi connectivity index (χ1) is 8.74. The summed E-state index contributed by atoms with van der Waals surface area (Å²) >= 11 is 5.82. The maximum absolute atomic E-state index is 11.7. The Hall–Kier alpha value is -1.29. The number of carbonyl (C=O) groups excluding carboxylic acids is 1. The van der Waals surface area contributed by atoms with Gasteiger partial charge >= 0.3 is 6.03 Å². The van der Waals surface area contributed by atoms with Crippen molar-refractivity contribution in [3.05, 3.63) is 23.4 Å². The van der Waals surface area contributed by atoms with E-state index in [-0.39, 0.29) is 6.03 Å². The molecule has 1 heterocycles. The van der Waals surface area contributed by atoms with E-state index >= 15 is 0 Å². The molecule has 1 aliphatic rings. The van der Waals surface area contributed by atoms with Crippen LogP contribution in [0, 0.1) is 5.92 Å². The van der Waals surface area contributed by atoms with E-state index in [9.17, 15) is 4.79 Å². The van der Waals surface area contributed by atoms with Gasteiger partial charge in [0.15, 0.2) is 0 Å². The molecule has 1 fully saturated rings. The van der Waals surface area contributed by atoms with Gasteiger partial charge in [0.1, 0.15) is 5.82 Å². The minimum atomic E-state index is -0.213. The number of anilines is 1. The zero-order valence-electron chi connectivity index (χ0n) is 10.3. The Morgan fingerprint density at radius 1 is 1.39 bits per heavy atom. The number of carbonyl (C=O) groups is 1. The Balaban J connectivity index is 1.74. The predicted octanol–water partition coefficient (Wildman–Crippen LogP) is 3.44. The summed E-state index contributed by atoms with van der Waals surface area (Å²) in [5.41, 5.74) is 0. The lowest BCUT2D eigenvalue weighted by atomic mass is 9.89. The Labute approximate surface area is 112 Å². The summed E-state index contributed by atoms with van der Waals surface area (Å²) in [6.45, 7) is 0.742. The standard InChI is InChI=1S/C13H18ClN3O/c14-11-6-7-15-12(8-11)17-13(18)16-9-10-4-2-1-3-5-10/h6-8,10H,1-5,9H2,(H2,15,16,17,18). The molecule has 18 heavy (non-hydrogen) atoms. The molecule has 0 aliphatic heterocycles. The van der Waals surface area contributed by atoms with Crippen molar-refractivity contribution in [2.45, 2.75) is 32.1 Å². The van der Waals surface area contributed by atoms with Crippen LogP contribution in [0.1, 0.15) is 32.1 Å². The fourth-order valence-electron chi connectivity index (χ4n) is 2.26. The number of rotatable bonds is 3. The molecule has 0 bridgehead atoms. The van der Waals surface area contributed by atoms with Gasteiger partial charge in [0.25, 0.3) is 0 Å². The third-order valence-corrected chi connectivity index (χ3v) is 3.47. The van der Waals surface area contributed by atoms with Crippen LogP contribution in [0.2, 0.25) is 5.02 Å². The minimum Gasteiger partial charge on any atom is -0.338 e. The molecule has 1 saturated carbocycles. The van der Waals surface area contributed by atoms with Crippen molar-refractivity contribution in [2.75, 3.05) is 11.9 Å². The van der Waals surface area contributed by atoms with Crippen LogP contribution in [0.5, 0.6) is 0 Å². The van der Waals surface area contributed by atoms with E-state index in [1.807, 2.05) is 0 Å². The average molecular weight is 268 g/mol. The second-order valence-corrected chi connectivity index (χ2v) is 5.13. The first kappa shape index (κ1) is 13.1. The van der Waals surface area contributed by atoms with E-state index in [4.69, 9.17) is 11.6 Å². The summed E-state index contributed by atoms with van der Waals surface area (Å²) in [6, 6.07) is 3.09. The third kappa shape index (κ3) is 4.18. The molecular formula is C13H18ClN3O. The van der Waals surface area contributed by atoms with Crippen LogP contribution < -0.4 is 10.6 Å². The predicted molar refractivity (Wildman–Crippen MR) is 72.8 cm³/mol. The molecule has 0 radical (unpaired) electrons. The number of nitrogens with one attached hydrogen (secondary N) is 2. The Morgan fingerprint density at radius 3 is 2.89 bits per heavy atom. The lowest BCUT2D eigenvalue weighted by Gasteiger charge is -2.21. The monoisotopic (exact) mass is 267 g/mol. The summed E-state index contributed by atoms with van der Waals surface area (Å²) in [7, 11) is 0. The van der Waals surface area contributed by atoms with Crippen LogP contribution in [0.25, 0.3) is 0 Å². The molecule has 0 saturated heterocycles. The largest absolute Gasteiger partial charge is 0.338 e. The number of hydrogen-bond acceptors (Lipinski definition) is 2. The van der Waals surface area contributed by atoms with Gasteiger partial charge in [-0.2, -0.15) is 0 Å². The van der Waals surface area contributed by atoms with Crippen LogP contribution in [0.3, 0.4) is 0 Å². The quantitative estimate of drug-likeness (QED) is 0.881. The summed E-state index contributed by atoms with van der Waals surface area (Å²) in [5, 5.41) is 6.13. The lowest BCUT2D eigenvalue weighted by Crippen LogP contribution is -2.33. The molecule has 2 amide bonds. The molecule has 0 unspecified atom stereocenters. The first-order valence-electron chi connectivity index (χ1n) is 6.40. The molecule has 1 aliphatic carbocycles. The van der Waals surface area contributed by atoms with E-state index in [2.05, 4.69) is 15.6 Å². The van der Waals surface area contributed by atoms with Crippen molar-refractivity contribution >= 4 is 23.4 Å². The fourth-order valence-corrected chi connectivity index (χ4v) is 2.42. The van der Waals surface area contributed by atoms with Crippen LogP contribution in [-0.4, -0.2) is 17.6 Å². The highest BCUT2D eigenvalue weighted by Crippen LogP contribution is 2.22. The zero-order valence-corrected chi connectivity index (χ0v) is 11.0. The second kappa shape index (κ2) is 6.59. The van der Waals surface area contributed by atoms with Crippen LogP contribution in [0.15, 0.2) is 18.3 Å². The van der Waals surface area contributed by atoms with Crippen molar-refractivity contribution in [3.63, 3.8) is 0 Å². The molecule has 0 atom stereocenters. The number of pyridine rings is 1. The Kier molecular flexibility index (Phi) is 4.81. The normalized spacial score (nSPS) is 16.3. The van der Waals surface area contributed by atoms with Gasteiger partial charge in [-0.25, -0.2) is 9.78 Å². The van der Waals surface area contributed by atoms with Crippen LogP contribution >= 0.6 is 11.6 Å². The summed E-state index contributed by atoms with van der Waals surface area (Å²) in [5.74, 6) is 1.10. The van der Waals surface area contributed by atoms with E-state index in [1.54, 1.807) is 18.3 Å². The molecule has 1 aromatic heterocycles. The summed E-state index contributed by atoms with van der Waals surface area (Å²) in [4.78, 5) is 15.7. The molecular weight excluding hydrogens is 250 g/mol. The topological polar surface area (TPSA) is 54.0 Å². The third-order valence-electron chi connectivity index (χ3n) is 3.24. The average Bonchev–Trinajstić information content (AvgIpc) is 2.38. The number of hydrogen-bond donors (Lipinski definition) is 2. The van der Waals surface area contributed by atoms with Crippen LogP contribution in [-0.2, 0) is 0 Å². The number of urea groups is 1. The SMILES string of the molecule is O=C(NCC1CCCCC1)Nc1cc(Cl)ccn1. The molecule has 1 aromatic rings. The zero-order chi connectivity index (χ0) is 12.8. The lowest BCUT2D eigenvalue weighted by molar-refractivity contribution is 0.247. The molecule has 0 aromatic carbocycles. The minimum absolute atomic E-state index is 0.213. The molecule has 5 heteroatoms. The van der Waals surface area contributed by atoms with E-state index < -0.39 is 0 Å². The Morgan fingerprint density at radius 2 is 2.17 bits per heavy atom. The number of nitrogens with zero attached hydrogens (tertiary/aromatic N) is 1. The number of aromatic nitrogens is 1. The number of amides is 2. The van der Waals surface area contributed by atoms with Gasteiger partial charge in [-0.3, -0.25) is 5.32 Å². The Bertz CT molecular complexity index is 405. The fraction of sp³-hybridized carbons (Fsp3) is 0.538. The van der Waals surface area contributed by atoms with E-state index in [0.717, 1.165) is 6.54 Å². The van der Waals surface area contributed by atoms with Gasteiger partial charge in [0.2, 0.25) is 0 Å². The van der Waals surface area contributed by atoms with E-state index in [0.29, 0.717) is 16.8 Å². The van der Waals surface area contributed by atoms with Crippen molar-refractivity contribution in [3.8, 4) is 0 Å². The van der Waals surface area contributed by atoms with Gasteiger partial charge in [-0.05, 0) is 30.9 Å². The van der Waals surface area contributed by atoms with Crippen LogP contribution in [0.4, 0.5) is 10.6 Å². The van der Waals surface area contributed by atoms with Gasteiger partial charge in [0, 0.05) is 17.8 Å². The van der Waals surface area contributed by atoms with Gasteiger partial charge in [0.05, 0.1) is 0 Å². The summed E-state index contributed by atoms with van der Waals surface area (Å²) in [6.07, 6.45) is 7.90.